The van der Waals surface area contributed by atoms with E-state index in [-0.39, 0.29) is 5.04 Å². The number of hydrogen-bond donors (Lipinski definition) is 1. The van der Waals surface area contributed by atoms with Gasteiger partial charge in [-0.05, 0) is 49.3 Å². The van der Waals surface area contributed by atoms with Crippen molar-refractivity contribution in [2.45, 2.75) is 85.4 Å². The lowest BCUT2D eigenvalue weighted by Gasteiger charge is -2.42. The summed E-state index contributed by atoms with van der Waals surface area (Å²) in [4.78, 5) is 4.13. The molecule has 25 heavy (non-hydrogen) atoms. The van der Waals surface area contributed by atoms with E-state index in [1.54, 1.807) is 5.57 Å². The zero-order valence-electron chi connectivity index (χ0n) is 18.0. The van der Waals surface area contributed by atoms with E-state index in [9.17, 15) is 0 Å². The second kappa shape index (κ2) is 6.79. The number of hydrogen-bond acceptors (Lipinski definition) is 1. The van der Waals surface area contributed by atoms with Crippen LogP contribution in [0.3, 0.4) is 0 Å². The summed E-state index contributed by atoms with van der Waals surface area (Å²) in [6.07, 6.45) is 2.52. The molecule has 0 bridgehead atoms. The van der Waals surface area contributed by atoms with Gasteiger partial charge in [-0.2, -0.15) is 0 Å². The van der Waals surface area contributed by atoms with Gasteiger partial charge in [0.2, 0.25) is 0 Å². The van der Waals surface area contributed by atoms with Crippen molar-refractivity contribution in [3.63, 3.8) is 0 Å². The van der Waals surface area contributed by atoms with Gasteiger partial charge in [-0.3, -0.25) is 0 Å². The third-order valence-electron chi connectivity index (χ3n) is 6.55. The summed E-state index contributed by atoms with van der Waals surface area (Å²) < 4.78 is 0. The summed E-state index contributed by atoms with van der Waals surface area (Å²) in [6, 6.07) is 6.83. The van der Waals surface area contributed by atoms with Gasteiger partial charge in [0.15, 0.2) is 8.24 Å². The molecule has 138 valence electrons. The average molecular weight is 356 g/mol. The highest BCUT2D eigenvalue weighted by molar-refractivity contribution is 6.84. The molecule has 0 radical (unpaired) electrons. The Labute approximate surface area is 156 Å². The Morgan fingerprint density at radius 1 is 0.920 bits per heavy atom. The Hall–Kier alpha value is -1.28. The van der Waals surface area contributed by atoms with Crippen LogP contribution in [0.5, 0.6) is 0 Å². The van der Waals surface area contributed by atoms with Crippen molar-refractivity contribution in [2.75, 3.05) is 4.98 Å². The van der Waals surface area contributed by atoms with Crippen molar-refractivity contribution in [3.05, 3.63) is 52.1 Å². The normalized spacial score (nSPS) is 21.4. The lowest BCUT2D eigenvalue weighted by Crippen LogP contribution is -2.48. The zero-order chi connectivity index (χ0) is 19.2. The first-order chi connectivity index (χ1) is 11.4. The fraction of sp³-hybridized carbons (Fsp3) is 0.565. The van der Waals surface area contributed by atoms with E-state index in [1.165, 1.54) is 28.0 Å². The molecule has 2 rings (SSSR count). The molecule has 2 heteroatoms. The van der Waals surface area contributed by atoms with Gasteiger partial charge in [0.25, 0.3) is 0 Å². The minimum atomic E-state index is -1.82. The first-order valence-corrected chi connectivity index (χ1v) is 12.7. The molecule has 0 spiro atoms. The van der Waals surface area contributed by atoms with Gasteiger partial charge < -0.3 is 4.98 Å². The van der Waals surface area contributed by atoms with Crippen LogP contribution in [0.4, 0.5) is 5.69 Å². The number of benzene rings is 1. The van der Waals surface area contributed by atoms with Crippen LogP contribution in [-0.4, -0.2) is 8.24 Å². The topological polar surface area (TPSA) is 12.0 Å². The minimum Gasteiger partial charge on any atom is -0.409 e. The van der Waals surface area contributed by atoms with E-state index in [4.69, 9.17) is 0 Å². The molecule has 0 fully saturated rings. The first kappa shape index (κ1) is 20.0. The molecule has 0 amide bonds. The maximum Gasteiger partial charge on any atom is 0.161 e. The Morgan fingerprint density at radius 2 is 1.40 bits per heavy atom. The van der Waals surface area contributed by atoms with Gasteiger partial charge in [0.1, 0.15) is 0 Å². The van der Waals surface area contributed by atoms with Crippen LogP contribution in [0.25, 0.3) is 0 Å². The summed E-state index contributed by atoms with van der Waals surface area (Å²) in [5, 5.41) is 0.152. The van der Waals surface area contributed by atoms with E-state index in [1.807, 2.05) is 0 Å². The van der Waals surface area contributed by atoms with Gasteiger partial charge in [-0.1, -0.05) is 83.1 Å². The van der Waals surface area contributed by atoms with Crippen molar-refractivity contribution >= 4 is 13.9 Å². The third kappa shape index (κ3) is 3.38. The smallest absolute Gasteiger partial charge is 0.161 e. The maximum absolute atomic E-state index is 4.13. The molecule has 1 aromatic rings. The monoisotopic (exact) mass is 355 g/mol. The van der Waals surface area contributed by atoms with Crippen molar-refractivity contribution in [3.8, 4) is 0 Å². The highest BCUT2D eigenvalue weighted by atomic mass is 28.3. The molecule has 0 aromatic heterocycles. The third-order valence-corrected chi connectivity index (χ3v) is 10.5. The molecule has 1 unspecified atom stereocenters. The predicted molar refractivity (Wildman–Crippen MR) is 116 cm³/mol. The number of rotatable bonds is 5. The standard InChI is InChI=1S/C23H37NSi/c1-15(2)20-12-11-13-21(16(3)4)22(20)24-25(9,10)23(8)14-17(5)18(6)19(23)7/h11-16,24H,1-10H3. The molecular weight excluding hydrogens is 318 g/mol. The fourth-order valence-electron chi connectivity index (χ4n) is 4.12. The van der Waals surface area contributed by atoms with Gasteiger partial charge in [-0.25, -0.2) is 0 Å². The van der Waals surface area contributed by atoms with Crippen molar-refractivity contribution < 1.29 is 0 Å². The highest BCUT2D eigenvalue weighted by Crippen LogP contribution is 2.53. The molecular formula is C23H37NSi. The molecule has 1 N–H and O–H groups in total. The number of nitrogens with one attached hydrogen (secondary N) is 1. The summed E-state index contributed by atoms with van der Waals surface area (Å²) in [5.41, 5.74) is 8.77. The average Bonchev–Trinajstić information content (AvgIpc) is 2.71. The van der Waals surface area contributed by atoms with E-state index >= 15 is 0 Å². The summed E-state index contributed by atoms with van der Waals surface area (Å²) >= 11 is 0. The highest BCUT2D eigenvalue weighted by Gasteiger charge is 2.47. The lowest BCUT2D eigenvalue weighted by atomic mass is 9.93. The minimum absolute atomic E-state index is 0.152. The van der Waals surface area contributed by atoms with Gasteiger partial charge >= 0.3 is 0 Å². The summed E-state index contributed by atoms with van der Waals surface area (Å²) in [6.45, 7) is 23.5. The maximum atomic E-state index is 4.13. The summed E-state index contributed by atoms with van der Waals surface area (Å²) in [5.74, 6) is 1.05. The van der Waals surface area contributed by atoms with Crippen molar-refractivity contribution in [2.24, 2.45) is 0 Å². The molecule has 1 aliphatic carbocycles. The van der Waals surface area contributed by atoms with Gasteiger partial charge in [0, 0.05) is 10.7 Å². The molecule has 1 aromatic carbocycles. The Bertz CT molecular complexity index is 695. The van der Waals surface area contributed by atoms with Crippen LogP contribution in [0.2, 0.25) is 18.1 Å². The van der Waals surface area contributed by atoms with E-state index < -0.39 is 8.24 Å². The SMILES string of the molecule is CC1=CC(C)([Si](C)(C)Nc2c(C(C)C)cccc2C(C)C)C(C)=C1C. The molecule has 0 saturated carbocycles. The Kier molecular flexibility index (Phi) is 5.44. The second-order valence-electron chi connectivity index (χ2n) is 9.15. The van der Waals surface area contributed by atoms with E-state index in [0.29, 0.717) is 11.8 Å². The van der Waals surface area contributed by atoms with Crippen molar-refractivity contribution in [1.82, 2.24) is 0 Å². The van der Waals surface area contributed by atoms with E-state index in [0.717, 1.165) is 0 Å². The van der Waals surface area contributed by atoms with Crippen LogP contribution in [0.15, 0.2) is 41.0 Å². The molecule has 0 saturated heterocycles. The Morgan fingerprint density at radius 3 is 1.76 bits per heavy atom. The number of anilines is 1. The molecule has 0 heterocycles. The van der Waals surface area contributed by atoms with Crippen LogP contribution in [0.1, 0.15) is 78.4 Å². The second-order valence-corrected chi connectivity index (χ2v) is 13.7. The largest absolute Gasteiger partial charge is 0.409 e. The number of allylic oxidation sites excluding steroid dienone is 4. The first-order valence-electron chi connectivity index (χ1n) is 9.71. The van der Waals surface area contributed by atoms with Crippen LogP contribution < -0.4 is 4.98 Å². The molecule has 1 nitrogen and oxygen atoms in total. The fourth-order valence-corrected chi connectivity index (χ4v) is 7.00. The van der Waals surface area contributed by atoms with Crippen molar-refractivity contribution in [1.29, 1.82) is 0 Å². The zero-order valence-corrected chi connectivity index (χ0v) is 19.0. The van der Waals surface area contributed by atoms with Gasteiger partial charge in [-0.15, -0.1) is 0 Å². The molecule has 1 atom stereocenters. The molecule has 0 aliphatic heterocycles. The summed E-state index contributed by atoms with van der Waals surface area (Å²) in [7, 11) is -1.82. The van der Waals surface area contributed by atoms with Gasteiger partial charge in [0.05, 0.1) is 0 Å². The Balaban J connectivity index is 2.56. The van der Waals surface area contributed by atoms with Crippen LogP contribution in [0, 0.1) is 0 Å². The quantitative estimate of drug-likeness (QED) is 0.536. The predicted octanol–water partition coefficient (Wildman–Crippen LogP) is 7.61. The lowest BCUT2D eigenvalue weighted by molar-refractivity contribution is 0.829. The number of para-hydroxylation sites is 1. The van der Waals surface area contributed by atoms with Crippen LogP contribution >= 0.6 is 0 Å². The van der Waals surface area contributed by atoms with Crippen LogP contribution in [-0.2, 0) is 0 Å². The molecule has 1 aliphatic rings. The van der Waals surface area contributed by atoms with E-state index in [2.05, 4.69) is 97.7 Å².